The Morgan fingerprint density at radius 3 is 2.80 bits per heavy atom. The molecule has 1 saturated heterocycles. The predicted octanol–water partition coefficient (Wildman–Crippen LogP) is 2.20. The van der Waals surface area contributed by atoms with Crippen molar-refractivity contribution in [3.63, 3.8) is 0 Å². The normalized spacial score (nSPS) is 14.2. The molecule has 0 radical (unpaired) electrons. The van der Waals surface area contributed by atoms with E-state index in [1.807, 2.05) is 0 Å². The maximum Gasteiger partial charge on any atom is 0.246 e. The number of nitrogens with zero attached hydrogens (tertiary/aromatic N) is 5. The first-order chi connectivity index (χ1) is 12.2. The van der Waals surface area contributed by atoms with Gasteiger partial charge in [-0.05, 0) is 25.0 Å². The number of halogens is 1. The molecule has 1 fully saturated rings. The van der Waals surface area contributed by atoms with E-state index < -0.39 is 5.82 Å². The number of fused-ring (bicyclic) bond motifs is 1. The monoisotopic (exact) mass is 340 g/mol. The summed E-state index contributed by atoms with van der Waals surface area (Å²) < 4.78 is 15.2. The average molecular weight is 340 g/mol. The second kappa shape index (κ2) is 6.46. The molecule has 1 N–H and O–H groups in total. The fourth-order valence-electron chi connectivity index (χ4n) is 3.07. The smallest absolute Gasteiger partial charge is 0.246 e. The quantitative estimate of drug-likeness (QED) is 0.788. The zero-order chi connectivity index (χ0) is 17.2. The molecule has 1 aliphatic rings. The van der Waals surface area contributed by atoms with Crippen molar-refractivity contribution in [3.8, 4) is 0 Å². The molecule has 3 aromatic rings. The van der Waals surface area contributed by atoms with Crippen molar-refractivity contribution in [2.45, 2.75) is 19.4 Å². The van der Waals surface area contributed by atoms with Gasteiger partial charge in [0, 0.05) is 13.1 Å². The number of rotatable bonds is 4. The van der Waals surface area contributed by atoms with Gasteiger partial charge in [-0.25, -0.2) is 19.0 Å². The van der Waals surface area contributed by atoms with E-state index in [-0.39, 0.29) is 18.1 Å². The van der Waals surface area contributed by atoms with Crippen molar-refractivity contribution in [2.24, 2.45) is 0 Å². The third-order valence-corrected chi connectivity index (χ3v) is 4.26. The highest BCUT2D eigenvalue weighted by molar-refractivity contribution is 5.92. The third kappa shape index (κ3) is 3.02. The highest BCUT2D eigenvalue weighted by atomic mass is 19.1. The third-order valence-electron chi connectivity index (χ3n) is 4.26. The number of carbonyl (C=O) groups excluding carboxylic acids is 1. The minimum atomic E-state index is -0.472. The Labute approximate surface area is 143 Å². The molecule has 0 atom stereocenters. The minimum Gasteiger partial charge on any atom is -0.356 e. The fourth-order valence-corrected chi connectivity index (χ4v) is 3.07. The van der Waals surface area contributed by atoms with E-state index in [1.54, 1.807) is 18.3 Å². The number of hydrogen-bond acceptors (Lipinski definition) is 5. The molecule has 1 amide bonds. The van der Waals surface area contributed by atoms with E-state index >= 15 is 0 Å². The zero-order valence-corrected chi connectivity index (χ0v) is 13.5. The van der Waals surface area contributed by atoms with Crippen molar-refractivity contribution in [3.05, 3.63) is 42.6 Å². The van der Waals surface area contributed by atoms with Gasteiger partial charge in [0.05, 0.1) is 17.3 Å². The molecule has 25 heavy (non-hydrogen) atoms. The van der Waals surface area contributed by atoms with E-state index in [2.05, 4.69) is 25.3 Å². The summed E-state index contributed by atoms with van der Waals surface area (Å²) in [6, 6.07) is 6.05. The standard InChI is InChI=1S/C17H17FN6O/c18-13-5-1-2-6-14(13)22-15(25)10-24-17-12(9-21-24)16(19-11-20-17)23-7-3-4-8-23/h1-2,5-6,9,11H,3-4,7-8,10H2,(H,22,25). The molecule has 0 saturated carbocycles. The van der Waals surface area contributed by atoms with Crippen LogP contribution in [0.4, 0.5) is 15.9 Å². The molecule has 0 unspecified atom stereocenters. The van der Waals surface area contributed by atoms with Crippen LogP contribution in [0, 0.1) is 5.82 Å². The molecule has 8 heteroatoms. The lowest BCUT2D eigenvalue weighted by Gasteiger charge is -2.16. The highest BCUT2D eigenvalue weighted by Crippen LogP contribution is 2.25. The summed E-state index contributed by atoms with van der Waals surface area (Å²) in [5.74, 6) is 0.0134. The number of benzene rings is 1. The second-order valence-electron chi connectivity index (χ2n) is 5.96. The van der Waals surface area contributed by atoms with Gasteiger partial charge in [0.15, 0.2) is 5.65 Å². The molecule has 7 nitrogen and oxygen atoms in total. The average Bonchev–Trinajstić information content (AvgIpc) is 3.27. The predicted molar refractivity (Wildman–Crippen MR) is 91.8 cm³/mol. The first kappa shape index (κ1) is 15.5. The van der Waals surface area contributed by atoms with Crippen LogP contribution in [0.5, 0.6) is 0 Å². The molecule has 0 spiro atoms. The number of hydrogen-bond donors (Lipinski definition) is 1. The zero-order valence-electron chi connectivity index (χ0n) is 13.5. The van der Waals surface area contributed by atoms with E-state index in [4.69, 9.17) is 0 Å². The van der Waals surface area contributed by atoms with Crippen molar-refractivity contribution in [1.29, 1.82) is 0 Å². The highest BCUT2D eigenvalue weighted by Gasteiger charge is 2.19. The Bertz CT molecular complexity index is 918. The van der Waals surface area contributed by atoms with Crippen molar-refractivity contribution >= 4 is 28.4 Å². The van der Waals surface area contributed by atoms with Gasteiger partial charge in [-0.3, -0.25) is 4.79 Å². The molecule has 1 aromatic carbocycles. The number of anilines is 2. The SMILES string of the molecule is O=C(Cn1ncc2c(N3CCCC3)ncnc21)Nc1ccccc1F. The summed E-state index contributed by atoms with van der Waals surface area (Å²) in [6.07, 6.45) is 5.46. The minimum absolute atomic E-state index is 0.0473. The molecule has 4 rings (SSSR count). The molecule has 128 valence electrons. The lowest BCUT2D eigenvalue weighted by atomic mass is 10.3. The Morgan fingerprint density at radius 2 is 2.00 bits per heavy atom. The van der Waals surface area contributed by atoms with E-state index in [1.165, 1.54) is 23.1 Å². The Balaban J connectivity index is 1.57. The summed E-state index contributed by atoms with van der Waals surface area (Å²) in [7, 11) is 0. The van der Waals surface area contributed by atoms with Crippen LogP contribution in [0.2, 0.25) is 0 Å². The topological polar surface area (TPSA) is 75.9 Å². The van der Waals surface area contributed by atoms with Crippen LogP contribution in [-0.2, 0) is 11.3 Å². The number of amides is 1. The van der Waals surface area contributed by atoms with Gasteiger partial charge in [0.1, 0.15) is 24.5 Å². The number of nitrogens with one attached hydrogen (secondary N) is 1. The van der Waals surface area contributed by atoms with Crippen molar-refractivity contribution in [2.75, 3.05) is 23.3 Å². The largest absolute Gasteiger partial charge is 0.356 e. The fraction of sp³-hybridized carbons (Fsp3) is 0.294. The van der Waals surface area contributed by atoms with Gasteiger partial charge in [-0.1, -0.05) is 12.1 Å². The summed E-state index contributed by atoms with van der Waals surface area (Å²) in [5, 5.41) is 7.64. The van der Waals surface area contributed by atoms with Gasteiger partial charge in [-0.2, -0.15) is 5.10 Å². The number of carbonyl (C=O) groups is 1. The van der Waals surface area contributed by atoms with Crippen LogP contribution in [-0.4, -0.2) is 38.7 Å². The van der Waals surface area contributed by atoms with E-state index in [9.17, 15) is 9.18 Å². The van der Waals surface area contributed by atoms with Gasteiger partial charge in [-0.15, -0.1) is 0 Å². The van der Waals surface area contributed by atoms with Crippen LogP contribution in [0.1, 0.15) is 12.8 Å². The maximum absolute atomic E-state index is 13.6. The molecule has 2 aromatic heterocycles. The lowest BCUT2D eigenvalue weighted by molar-refractivity contribution is -0.116. The van der Waals surface area contributed by atoms with Gasteiger partial charge in [0.2, 0.25) is 5.91 Å². The Hall–Kier alpha value is -3.03. The second-order valence-corrected chi connectivity index (χ2v) is 5.96. The van der Waals surface area contributed by atoms with Crippen molar-refractivity contribution in [1.82, 2.24) is 19.7 Å². The molecule has 0 bridgehead atoms. The molecular formula is C17H17FN6O. The maximum atomic E-state index is 13.6. The first-order valence-electron chi connectivity index (χ1n) is 8.18. The summed E-state index contributed by atoms with van der Waals surface area (Å²) >= 11 is 0. The van der Waals surface area contributed by atoms with E-state index in [0.29, 0.717) is 5.65 Å². The Kier molecular flexibility index (Phi) is 4.01. The first-order valence-corrected chi connectivity index (χ1v) is 8.18. The van der Waals surface area contributed by atoms with Crippen LogP contribution >= 0.6 is 0 Å². The van der Waals surface area contributed by atoms with Gasteiger partial charge in [0.25, 0.3) is 0 Å². The summed E-state index contributed by atoms with van der Waals surface area (Å²) in [5.41, 5.74) is 0.747. The lowest BCUT2D eigenvalue weighted by Crippen LogP contribution is -2.21. The van der Waals surface area contributed by atoms with Crippen LogP contribution < -0.4 is 10.2 Å². The number of aromatic nitrogens is 4. The van der Waals surface area contributed by atoms with Crippen LogP contribution in [0.15, 0.2) is 36.8 Å². The molecule has 1 aliphatic heterocycles. The van der Waals surface area contributed by atoms with E-state index in [0.717, 1.165) is 37.1 Å². The number of para-hydroxylation sites is 1. The van der Waals surface area contributed by atoms with Crippen LogP contribution in [0.3, 0.4) is 0 Å². The van der Waals surface area contributed by atoms with Gasteiger partial charge >= 0.3 is 0 Å². The van der Waals surface area contributed by atoms with Crippen molar-refractivity contribution < 1.29 is 9.18 Å². The Morgan fingerprint density at radius 1 is 1.20 bits per heavy atom. The summed E-state index contributed by atoms with van der Waals surface area (Å²) in [6.45, 7) is 1.88. The van der Waals surface area contributed by atoms with Gasteiger partial charge < -0.3 is 10.2 Å². The molecular weight excluding hydrogens is 323 g/mol. The molecule has 3 heterocycles. The van der Waals surface area contributed by atoms with Crippen LogP contribution in [0.25, 0.3) is 11.0 Å². The molecule has 0 aliphatic carbocycles. The summed E-state index contributed by atoms with van der Waals surface area (Å²) in [4.78, 5) is 23.1.